The van der Waals surface area contributed by atoms with Gasteiger partial charge < -0.3 is 9.13 Å². The minimum absolute atomic E-state index is 1.17. The number of para-hydroxylation sites is 2. The number of hydrogen-bond donors (Lipinski definition) is 0. The van der Waals surface area contributed by atoms with Gasteiger partial charge in [0.15, 0.2) is 0 Å². The molecule has 0 fully saturated rings. The lowest BCUT2D eigenvalue weighted by Crippen LogP contribution is -1.97. The van der Waals surface area contributed by atoms with Gasteiger partial charge in [0.25, 0.3) is 0 Å². The van der Waals surface area contributed by atoms with Gasteiger partial charge in [-0.15, -0.1) is 11.3 Å². The molecule has 3 aromatic heterocycles. The number of aromatic nitrogens is 2. The van der Waals surface area contributed by atoms with Crippen molar-refractivity contribution in [3.05, 3.63) is 231 Å². The Hall–Kier alpha value is -7.98. The number of thiophene rings is 1. The van der Waals surface area contributed by atoms with Crippen LogP contribution in [0.2, 0.25) is 0 Å². The highest BCUT2D eigenvalue weighted by Crippen LogP contribution is 2.46. The van der Waals surface area contributed by atoms with Gasteiger partial charge in [0.2, 0.25) is 0 Å². The maximum absolute atomic E-state index is 2.51. The van der Waals surface area contributed by atoms with Crippen LogP contribution in [-0.4, -0.2) is 9.13 Å². The molecule has 0 spiro atoms. The summed E-state index contributed by atoms with van der Waals surface area (Å²) in [6.07, 6.45) is 0. The SMILES string of the molecule is c1ccc(-c2cccc(-c3ccc4sc5cccc(-n6c7ccccc7c7c(-n8c9ccccc9c9c(-c%10ccccc%10-c%10ccccc%10)cccc98)cccc76)c5c4c3)c2)cc1. The van der Waals surface area contributed by atoms with Crippen LogP contribution in [0.4, 0.5) is 0 Å². The van der Waals surface area contributed by atoms with Gasteiger partial charge in [-0.1, -0.05) is 170 Å². The highest BCUT2D eigenvalue weighted by molar-refractivity contribution is 7.25. The minimum Gasteiger partial charge on any atom is -0.309 e. The van der Waals surface area contributed by atoms with Crippen LogP contribution in [0.5, 0.6) is 0 Å². The van der Waals surface area contributed by atoms with E-state index in [1.54, 1.807) is 0 Å². The number of nitrogens with zero attached hydrogens (tertiary/aromatic N) is 2. The van der Waals surface area contributed by atoms with Crippen molar-refractivity contribution >= 4 is 75.1 Å². The highest BCUT2D eigenvalue weighted by Gasteiger charge is 2.23. The van der Waals surface area contributed by atoms with E-state index in [9.17, 15) is 0 Å². The molecule has 0 saturated carbocycles. The van der Waals surface area contributed by atoms with E-state index in [0.717, 1.165) is 0 Å². The Morgan fingerprint density at radius 1 is 0.254 bits per heavy atom. The largest absolute Gasteiger partial charge is 0.309 e. The van der Waals surface area contributed by atoms with Crippen LogP contribution in [0.25, 0.3) is 120 Å². The molecule has 0 N–H and O–H groups in total. The predicted molar refractivity (Wildman–Crippen MR) is 270 cm³/mol. The molecule has 0 radical (unpaired) electrons. The maximum atomic E-state index is 2.51. The Balaban J connectivity index is 1.05. The van der Waals surface area contributed by atoms with Gasteiger partial charge in [-0.05, 0) is 105 Å². The first-order chi connectivity index (χ1) is 31.3. The molecule has 13 aromatic rings. The van der Waals surface area contributed by atoms with Crippen LogP contribution >= 0.6 is 11.3 Å². The second-order valence-corrected chi connectivity index (χ2v) is 17.5. The first kappa shape index (κ1) is 35.7. The maximum Gasteiger partial charge on any atom is 0.0562 e. The second-order valence-electron chi connectivity index (χ2n) is 16.4. The summed E-state index contributed by atoms with van der Waals surface area (Å²) in [5, 5.41) is 7.53. The number of rotatable bonds is 6. The standard InChI is InChI=1S/C60H38N2S/c1-3-17-39(18-4-1)41-21-13-22-42(37-41)43-35-36-56-49(38-43)60-55(33-16-34-57(60)63-56)62-51-29-12-10-26-48(51)59-53(31-15-32-54(59)62)61-50-28-11-9-25-47(50)58-46(27-14-30-52(58)61)45-24-8-7-23-44(45)40-19-5-2-6-20-40/h1-38H. The Morgan fingerprint density at radius 2 is 0.746 bits per heavy atom. The van der Waals surface area contributed by atoms with Crippen LogP contribution in [0, 0.1) is 0 Å². The number of hydrogen-bond acceptors (Lipinski definition) is 1. The third-order valence-electron chi connectivity index (χ3n) is 12.9. The summed E-state index contributed by atoms with van der Waals surface area (Å²) >= 11 is 1.87. The third kappa shape index (κ3) is 5.57. The summed E-state index contributed by atoms with van der Waals surface area (Å²) in [7, 11) is 0. The minimum atomic E-state index is 1.17. The van der Waals surface area contributed by atoms with E-state index in [1.165, 1.54) is 120 Å². The molecular weight excluding hydrogens is 781 g/mol. The zero-order valence-corrected chi connectivity index (χ0v) is 35.1. The summed E-state index contributed by atoms with van der Waals surface area (Å²) in [6.45, 7) is 0. The lowest BCUT2D eigenvalue weighted by atomic mass is 9.92. The first-order valence-corrected chi connectivity index (χ1v) is 22.4. The molecule has 0 amide bonds. The molecule has 0 aliphatic carbocycles. The first-order valence-electron chi connectivity index (χ1n) is 21.6. The summed E-state index contributed by atoms with van der Waals surface area (Å²) in [6, 6.07) is 84.6. The van der Waals surface area contributed by atoms with Gasteiger partial charge in [-0.2, -0.15) is 0 Å². The fraction of sp³-hybridized carbons (Fsp3) is 0. The van der Waals surface area contributed by atoms with Crippen molar-refractivity contribution in [2.75, 3.05) is 0 Å². The second kappa shape index (κ2) is 14.3. The van der Waals surface area contributed by atoms with Crippen molar-refractivity contribution in [1.29, 1.82) is 0 Å². The van der Waals surface area contributed by atoms with Crippen LogP contribution in [0.3, 0.4) is 0 Å². The van der Waals surface area contributed by atoms with E-state index in [2.05, 4.69) is 240 Å². The summed E-state index contributed by atoms with van der Waals surface area (Å²) < 4.78 is 7.59. The van der Waals surface area contributed by atoms with Crippen molar-refractivity contribution in [3.63, 3.8) is 0 Å². The molecule has 0 unspecified atom stereocenters. The van der Waals surface area contributed by atoms with Crippen LogP contribution in [0.1, 0.15) is 0 Å². The molecule has 3 heteroatoms. The van der Waals surface area contributed by atoms with E-state index in [4.69, 9.17) is 0 Å². The molecule has 2 nitrogen and oxygen atoms in total. The molecule has 0 aliphatic rings. The lowest BCUT2D eigenvalue weighted by Gasteiger charge is -2.14. The van der Waals surface area contributed by atoms with Gasteiger partial charge in [-0.25, -0.2) is 0 Å². The average Bonchev–Trinajstić information content (AvgIpc) is 4.02. The molecule has 3 heterocycles. The van der Waals surface area contributed by atoms with Crippen LogP contribution < -0.4 is 0 Å². The molecule has 0 saturated heterocycles. The lowest BCUT2D eigenvalue weighted by molar-refractivity contribution is 1.18. The Morgan fingerprint density at radius 3 is 1.49 bits per heavy atom. The molecule has 0 aliphatic heterocycles. The molecule has 13 rings (SSSR count). The molecule has 10 aromatic carbocycles. The molecular formula is C60H38N2S. The van der Waals surface area contributed by atoms with E-state index in [0.29, 0.717) is 0 Å². The van der Waals surface area contributed by atoms with Gasteiger partial charge in [0, 0.05) is 41.7 Å². The van der Waals surface area contributed by atoms with E-state index in [1.807, 2.05) is 11.3 Å². The van der Waals surface area contributed by atoms with Gasteiger partial charge in [-0.3, -0.25) is 0 Å². The van der Waals surface area contributed by atoms with Crippen molar-refractivity contribution in [2.24, 2.45) is 0 Å². The molecule has 294 valence electrons. The number of fused-ring (bicyclic) bond motifs is 9. The zero-order valence-electron chi connectivity index (χ0n) is 34.2. The summed E-state index contributed by atoms with van der Waals surface area (Å²) in [5.74, 6) is 0. The highest BCUT2D eigenvalue weighted by atomic mass is 32.1. The summed E-state index contributed by atoms with van der Waals surface area (Å²) in [4.78, 5) is 0. The quantitative estimate of drug-likeness (QED) is 0.158. The number of benzene rings is 10. The smallest absolute Gasteiger partial charge is 0.0562 e. The van der Waals surface area contributed by atoms with Crippen molar-refractivity contribution in [1.82, 2.24) is 9.13 Å². The average molecular weight is 819 g/mol. The Bertz CT molecular complexity index is 3900. The molecule has 0 bridgehead atoms. The summed E-state index contributed by atoms with van der Waals surface area (Å²) in [5.41, 5.74) is 16.9. The van der Waals surface area contributed by atoms with Crippen LogP contribution in [-0.2, 0) is 0 Å². The van der Waals surface area contributed by atoms with Crippen molar-refractivity contribution < 1.29 is 0 Å². The monoisotopic (exact) mass is 818 g/mol. The Labute approximate surface area is 368 Å². The fourth-order valence-electron chi connectivity index (χ4n) is 10.2. The van der Waals surface area contributed by atoms with Gasteiger partial charge >= 0.3 is 0 Å². The topological polar surface area (TPSA) is 9.86 Å². The van der Waals surface area contributed by atoms with E-state index < -0.39 is 0 Å². The molecule has 0 atom stereocenters. The van der Waals surface area contributed by atoms with E-state index >= 15 is 0 Å². The predicted octanol–water partition coefficient (Wildman–Crippen LogP) is 16.9. The van der Waals surface area contributed by atoms with Gasteiger partial charge in [0.05, 0.1) is 33.4 Å². The van der Waals surface area contributed by atoms with E-state index in [-0.39, 0.29) is 0 Å². The third-order valence-corrected chi connectivity index (χ3v) is 14.1. The Kier molecular flexibility index (Phi) is 8.12. The normalized spacial score (nSPS) is 11.8. The van der Waals surface area contributed by atoms with Crippen LogP contribution in [0.15, 0.2) is 231 Å². The zero-order chi connectivity index (χ0) is 41.4. The molecule has 63 heavy (non-hydrogen) atoms. The van der Waals surface area contributed by atoms with Gasteiger partial charge in [0.1, 0.15) is 0 Å². The van der Waals surface area contributed by atoms with Crippen molar-refractivity contribution in [2.45, 2.75) is 0 Å². The van der Waals surface area contributed by atoms with Crippen molar-refractivity contribution in [3.8, 4) is 55.9 Å². The fourth-order valence-corrected chi connectivity index (χ4v) is 11.3.